The van der Waals surface area contributed by atoms with E-state index in [2.05, 4.69) is 31.4 Å². The first kappa shape index (κ1) is 15.3. The first-order chi connectivity index (χ1) is 11.2. The summed E-state index contributed by atoms with van der Waals surface area (Å²) in [5.41, 5.74) is 5.91. The first-order valence-corrected chi connectivity index (χ1v) is 7.76. The van der Waals surface area contributed by atoms with Crippen LogP contribution in [0.2, 0.25) is 0 Å². The van der Waals surface area contributed by atoms with Crippen LogP contribution in [0.3, 0.4) is 0 Å². The third-order valence-electron chi connectivity index (χ3n) is 3.21. The van der Waals surface area contributed by atoms with E-state index in [4.69, 9.17) is 4.74 Å². The number of benzene rings is 2. The average molecular weight is 371 g/mol. The zero-order chi connectivity index (χ0) is 16.1. The predicted molar refractivity (Wildman–Crippen MR) is 95.5 cm³/mol. The SMILES string of the molecule is COc1cc(Br)cc(C=NNc2ccc(-n3ccnc3)cc2)c1. The molecule has 0 fully saturated rings. The highest BCUT2D eigenvalue weighted by molar-refractivity contribution is 9.10. The van der Waals surface area contributed by atoms with E-state index in [1.807, 2.05) is 53.2 Å². The molecule has 0 aliphatic carbocycles. The van der Waals surface area contributed by atoms with Crippen molar-refractivity contribution in [3.63, 3.8) is 0 Å². The lowest BCUT2D eigenvalue weighted by atomic mass is 10.2. The van der Waals surface area contributed by atoms with Gasteiger partial charge in [-0.2, -0.15) is 5.10 Å². The fourth-order valence-electron chi connectivity index (χ4n) is 2.08. The maximum Gasteiger partial charge on any atom is 0.120 e. The van der Waals surface area contributed by atoms with Crippen molar-refractivity contribution in [3.8, 4) is 11.4 Å². The second kappa shape index (κ2) is 7.11. The van der Waals surface area contributed by atoms with Gasteiger partial charge in [-0.1, -0.05) is 15.9 Å². The van der Waals surface area contributed by atoms with E-state index < -0.39 is 0 Å². The maximum absolute atomic E-state index is 5.23. The Bertz CT molecular complexity index is 798. The Kier molecular flexibility index (Phi) is 4.73. The highest BCUT2D eigenvalue weighted by atomic mass is 79.9. The van der Waals surface area contributed by atoms with Gasteiger partial charge < -0.3 is 9.30 Å². The number of hydrazone groups is 1. The van der Waals surface area contributed by atoms with Gasteiger partial charge in [0.15, 0.2) is 0 Å². The van der Waals surface area contributed by atoms with E-state index in [1.165, 1.54) is 0 Å². The number of hydrogen-bond acceptors (Lipinski definition) is 4. The molecule has 0 saturated heterocycles. The van der Waals surface area contributed by atoms with E-state index >= 15 is 0 Å². The summed E-state index contributed by atoms with van der Waals surface area (Å²) in [6, 6.07) is 13.7. The minimum Gasteiger partial charge on any atom is -0.497 e. The normalized spacial score (nSPS) is 10.9. The molecule has 23 heavy (non-hydrogen) atoms. The van der Waals surface area contributed by atoms with Gasteiger partial charge >= 0.3 is 0 Å². The number of ether oxygens (including phenoxy) is 1. The Hall–Kier alpha value is -2.60. The number of nitrogens with one attached hydrogen (secondary N) is 1. The Morgan fingerprint density at radius 1 is 1.22 bits per heavy atom. The number of nitrogens with zero attached hydrogens (tertiary/aromatic N) is 3. The van der Waals surface area contributed by atoms with Gasteiger partial charge in [-0.3, -0.25) is 5.43 Å². The molecule has 0 atom stereocenters. The molecule has 1 heterocycles. The number of hydrogen-bond donors (Lipinski definition) is 1. The minimum atomic E-state index is 0.783. The minimum absolute atomic E-state index is 0.783. The van der Waals surface area contributed by atoms with Crippen LogP contribution in [-0.2, 0) is 0 Å². The molecule has 3 aromatic rings. The molecule has 5 nitrogen and oxygen atoms in total. The third-order valence-corrected chi connectivity index (χ3v) is 3.66. The summed E-state index contributed by atoms with van der Waals surface area (Å²) < 4.78 is 8.12. The number of rotatable bonds is 5. The number of methoxy groups -OCH3 is 1. The molecule has 0 aliphatic heterocycles. The van der Waals surface area contributed by atoms with E-state index in [0.29, 0.717) is 0 Å². The molecule has 3 rings (SSSR count). The second-order valence-corrected chi connectivity index (χ2v) is 5.73. The van der Waals surface area contributed by atoms with Crippen molar-refractivity contribution in [3.05, 3.63) is 71.2 Å². The zero-order valence-corrected chi connectivity index (χ0v) is 14.1. The standard InChI is InChI=1S/C17H15BrN4O/c1-23-17-9-13(8-14(18)10-17)11-20-21-15-2-4-16(5-3-15)22-7-6-19-12-22/h2-12,21H,1H3. The van der Waals surface area contributed by atoms with E-state index in [1.54, 1.807) is 25.8 Å². The molecule has 0 saturated carbocycles. The van der Waals surface area contributed by atoms with Crippen LogP contribution in [0.1, 0.15) is 5.56 Å². The van der Waals surface area contributed by atoms with Crippen molar-refractivity contribution in [2.45, 2.75) is 0 Å². The van der Waals surface area contributed by atoms with Gasteiger partial charge in [0.25, 0.3) is 0 Å². The van der Waals surface area contributed by atoms with Crippen molar-refractivity contribution in [2.75, 3.05) is 12.5 Å². The van der Waals surface area contributed by atoms with E-state index in [-0.39, 0.29) is 0 Å². The summed E-state index contributed by atoms with van der Waals surface area (Å²) in [5.74, 6) is 0.783. The molecule has 0 aliphatic rings. The largest absolute Gasteiger partial charge is 0.497 e. The Morgan fingerprint density at radius 2 is 2.04 bits per heavy atom. The van der Waals surface area contributed by atoms with Gasteiger partial charge in [-0.25, -0.2) is 4.98 Å². The summed E-state index contributed by atoms with van der Waals surface area (Å²) >= 11 is 3.45. The number of halogens is 1. The lowest BCUT2D eigenvalue weighted by molar-refractivity contribution is 0.414. The highest BCUT2D eigenvalue weighted by Gasteiger charge is 1.98. The number of imidazole rings is 1. The van der Waals surface area contributed by atoms with Crippen molar-refractivity contribution in [2.24, 2.45) is 5.10 Å². The van der Waals surface area contributed by atoms with Crippen LogP contribution in [-0.4, -0.2) is 22.9 Å². The van der Waals surface area contributed by atoms with Crippen LogP contribution < -0.4 is 10.2 Å². The van der Waals surface area contributed by atoms with Gasteiger partial charge in [-0.15, -0.1) is 0 Å². The third kappa shape index (κ3) is 3.98. The molecule has 2 aromatic carbocycles. The quantitative estimate of drug-likeness (QED) is 0.543. The average Bonchev–Trinajstić information content (AvgIpc) is 3.09. The van der Waals surface area contributed by atoms with Crippen LogP contribution in [0.25, 0.3) is 5.69 Å². The summed E-state index contributed by atoms with van der Waals surface area (Å²) in [6.07, 6.45) is 7.17. The lowest BCUT2D eigenvalue weighted by Gasteiger charge is -2.05. The molecule has 1 aromatic heterocycles. The molecule has 0 spiro atoms. The fraction of sp³-hybridized carbons (Fsp3) is 0.0588. The Labute approximate surface area is 142 Å². The monoisotopic (exact) mass is 370 g/mol. The van der Waals surface area contributed by atoms with Crippen LogP contribution in [0.4, 0.5) is 5.69 Å². The number of anilines is 1. The van der Waals surface area contributed by atoms with Crippen molar-refractivity contribution in [1.82, 2.24) is 9.55 Å². The van der Waals surface area contributed by atoms with Crippen LogP contribution in [0, 0.1) is 0 Å². The molecule has 116 valence electrons. The van der Waals surface area contributed by atoms with Gasteiger partial charge in [0.05, 0.1) is 25.3 Å². The molecule has 0 unspecified atom stereocenters. The molecule has 0 radical (unpaired) electrons. The topological polar surface area (TPSA) is 51.4 Å². The number of aromatic nitrogens is 2. The van der Waals surface area contributed by atoms with Gasteiger partial charge in [-0.05, 0) is 48.0 Å². The molecule has 0 bridgehead atoms. The highest BCUT2D eigenvalue weighted by Crippen LogP contribution is 2.20. The van der Waals surface area contributed by atoms with Crippen molar-refractivity contribution < 1.29 is 4.74 Å². The van der Waals surface area contributed by atoms with Crippen LogP contribution >= 0.6 is 15.9 Å². The Balaban J connectivity index is 1.67. The predicted octanol–water partition coefficient (Wildman–Crippen LogP) is 4.09. The summed E-state index contributed by atoms with van der Waals surface area (Å²) in [6.45, 7) is 0. The lowest BCUT2D eigenvalue weighted by Crippen LogP contribution is -1.93. The summed E-state index contributed by atoms with van der Waals surface area (Å²) in [7, 11) is 1.64. The van der Waals surface area contributed by atoms with E-state index in [9.17, 15) is 0 Å². The maximum atomic E-state index is 5.23. The summed E-state index contributed by atoms with van der Waals surface area (Å²) in [5, 5.41) is 4.25. The van der Waals surface area contributed by atoms with E-state index in [0.717, 1.165) is 27.2 Å². The van der Waals surface area contributed by atoms with Crippen molar-refractivity contribution in [1.29, 1.82) is 0 Å². The molecule has 0 amide bonds. The first-order valence-electron chi connectivity index (χ1n) is 6.96. The second-order valence-electron chi connectivity index (χ2n) is 4.81. The molecular weight excluding hydrogens is 356 g/mol. The molecular formula is C17H15BrN4O. The molecule has 1 N–H and O–H groups in total. The zero-order valence-electron chi connectivity index (χ0n) is 12.5. The van der Waals surface area contributed by atoms with Gasteiger partial charge in [0.2, 0.25) is 0 Å². The van der Waals surface area contributed by atoms with Crippen LogP contribution in [0.15, 0.2) is 70.8 Å². The molecule has 6 heteroatoms. The fourth-order valence-corrected chi connectivity index (χ4v) is 2.57. The van der Waals surface area contributed by atoms with Gasteiger partial charge in [0, 0.05) is 22.6 Å². The van der Waals surface area contributed by atoms with Crippen molar-refractivity contribution >= 4 is 27.8 Å². The van der Waals surface area contributed by atoms with Gasteiger partial charge in [0.1, 0.15) is 5.75 Å². The smallest absolute Gasteiger partial charge is 0.120 e. The Morgan fingerprint density at radius 3 is 2.74 bits per heavy atom. The van der Waals surface area contributed by atoms with Crippen LogP contribution in [0.5, 0.6) is 5.75 Å². The summed E-state index contributed by atoms with van der Waals surface area (Å²) in [4.78, 5) is 4.04.